The second kappa shape index (κ2) is 8.29. The van der Waals surface area contributed by atoms with Crippen molar-refractivity contribution in [1.29, 1.82) is 0 Å². The normalized spacial score (nSPS) is 17.9. The molecule has 2 aromatic carbocycles. The van der Waals surface area contributed by atoms with Gasteiger partial charge in [-0.05, 0) is 49.7 Å². The number of piperazine rings is 1. The Morgan fingerprint density at radius 2 is 2.03 bits per heavy atom. The molecule has 160 valence electrons. The molecule has 0 saturated carbocycles. The van der Waals surface area contributed by atoms with E-state index in [1.807, 2.05) is 13.0 Å². The zero-order valence-electron chi connectivity index (χ0n) is 17.3. The number of rotatable bonds is 6. The minimum atomic E-state index is -4.06. The number of furan rings is 1. The van der Waals surface area contributed by atoms with Gasteiger partial charge in [0, 0.05) is 43.2 Å². The van der Waals surface area contributed by atoms with Gasteiger partial charge in [-0.3, -0.25) is 4.90 Å². The summed E-state index contributed by atoms with van der Waals surface area (Å²) < 4.78 is 42.6. The molecule has 30 heavy (non-hydrogen) atoms. The van der Waals surface area contributed by atoms with Crippen LogP contribution >= 0.6 is 0 Å². The third kappa shape index (κ3) is 4.30. The number of hydrogen-bond acceptors (Lipinski definition) is 7. The van der Waals surface area contributed by atoms with E-state index in [2.05, 4.69) is 17.1 Å². The number of nitrogens with one attached hydrogen (secondary N) is 1. The van der Waals surface area contributed by atoms with Crippen molar-refractivity contribution in [3.8, 4) is 11.5 Å². The van der Waals surface area contributed by atoms with Gasteiger partial charge in [0.1, 0.15) is 10.5 Å². The molecule has 4 rings (SSSR count). The highest BCUT2D eigenvalue weighted by Crippen LogP contribution is 2.32. The summed E-state index contributed by atoms with van der Waals surface area (Å²) >= 11 is 0. The number of fused-ring (bicyclic) bond motifs is 1. The zero-order chi connectivity index (χ0) is 21.3. The molecular weight excluding hydrogens is 404 g/mol. The summed E-state index contributed by atoms with van der Waals surface area (Å²) in [6, 6.07) is 10.6. The van der Waals surface area contributed by atoms with Crippen molar-refractivity contribution in [2.45, 2.75) is 31.3 Å². The molecule has 3 aromatic rings. The van der Waals surface area contributed by atoms with Crippen molar-refractivity contribution in [2.75, 3.05) is 26.7 Å². The Hall–Kier alpha value is -2.55. The van der Waals surface area contributed by atoms with Gasteiger partial charge in [0.05, 0.1) is 13.4 Å². The van der Waals surface area contributed by atoms with Gasteiger partial charge in [0.2, 0.25) is 0 Å². The molecule has 0 spiro atoms. The Morgan fingerprint density at radius 1 is 1.20 bits per heavy atom. The van der Waals surface area contributed by atoms with E-state index in [1.165, 1.54) is 7.11 Å². The van der Waals surface area contributed by atoms with Crippen LogP contribution in [0.15, 0.2) is 52.0 Å². The van der Waals surface area contributed by atoms with Crippen LogP contribution in [0, 0.1) is 6.92 Å². The zero-order valence-corrected chi connectivity index (χ0v) is 18.2. The minimum absolute atomic E-state index is 0.0955. The third-order valence-corrected chi connectivity index (χ3v) is 6.47. The summed E-state index contributed by atoms with van der Waals surface area (Å²) in [6.45, 7) is 7.28. The van der Waals surface area contributed by atoms with Crippen LogP contribution in [0.25, 0.3) is 11.0 Å². The van der Waals surface area contributed by atoms with Gasteiger partial charge in [0.15, 0.2) is 11.5 Å². The maximum absolute atomic E-state index is 13.1. The molecule has 1 fully saturated rings. The molecule has 0 aliphatic carbocycles. The van der Waals surface area contributed by atoms with E-state index in [9.17, 15) is 8.42 Å². The van der Waals surface area contributed by atoms with Gasteiger partial charge in [0.25, 0.3) is 0 Å². The van der Waals surface area contributed by atoms with Crippen molar-refractivity contribution in [3.63, 3.8) is 0 Å². The van der Waals surface area contributed by atoms with Crippen LogP contribution in [0.3, 0.4) is 0 Å². The Balaban J connectivity index is 1.69. The summed E-state index contributed by atoms with van der Waals surface area (Å²) in [4.78, 5) is 2.39. The molecule has 1 aliphatic rings. The standard InChI is InChI=1S/C22H26N2O5S/c1-15-4-5-20(27-3)21(10-15)29-30(25,26)19-11-17-6-9-28-22(17)18(12-19)14-24-8-7-23-16(2)13-24/h4-6,9-12,16,23H,7-8,13-14H2,1-3H3/t16-/m0/s1. The van der Waals surface area contributed by atoms with Crippen molar-refractivity contribution >= 4 is 21.1 Å². The lowest BCUT2D eigenvalue weighted by molar-refractivity contribution is 0.199. The van der Waals surface area contributed by atoms with E-state index >= 15 is 0 Å². The van der Waals surface area contributed by atoms with Crippen LogP contribution in [-0.2, 0) is 16.7 Å². The Morgan fingerprint density at radius 3 is 2.80 bits per heavy atom. The molecule has 1 atom stereocenters. The average Bonchev–Trinajstić information content (AvgIpc) is 3.17. The fraction of sp³-hybridized carbons (Fsp3) is 0.364. The molecule has 1 aliphatic heterocycles. The highest BCUT2D eigenvalue weighted by Gasteiger charge is 2.24. The third-order valence-electron chi connectivity index (χ3n) is 5.26. The molecule has 1 aromatic heterocycles. The molecule has 8 heteroatoms. The van der Waals surface area contributed by atoms with Crippen molar-refractivity contribution in [3.05, 3.63) is 53.8 Å². The summed E-state index contributed by atoms with van der Waals surface area (Å²) in [5.41, 5.74) is 2.40. The van der Waals surface area contributed by atoms with Crippen LogP contribution in [0.1, 0.15) is 18.1 Å². The first-order chi connectivity index (χ1) is 14.4. The number of ether oxygens (including phenoxy) is 1. The van der Waals surface area contributed by atoms with E-state index < -0.39 is 10.1 Å². The highest BCUT2D eigenvalue weighted by molar-refractivity contribution is 7.87. The van der Waals surface area contributed by atoms with Gasteiger partial charge < -0.3 is 18.7 Å². The quantitative estimate of drug-likeness (QED) is 0.601. The first kappa shape index (κ1) is 20.7. The van der Waals surface area contributed by atoms with Gasteiger partial charge in [-0.15, -0.1) is 0 Å². The lowest BCUT2D eigenvalue weighted by atomic mass is 10.1. The van der Waals surface area contributed by atoms with Gasteiger partial charge in [-0.2, -0.15) is 8.42 Å². The molecule has 2 heterocycles. The van der Waals surface area contributed by atoms with E-state index in [1.54, 1.807) is 36.6 Å². The SMILES string of the molecule is COc1ccc(C)cc1OS(=O)(=O)c1cc(CN2CCN[C@@H](C)C2)c2occc2c1. The topological polar surface area (TPSA) is 81.0 Å². The Kier molecular flexibility index (Phi) is 5.73. The number of hydrogen-bond donors (Lipinski definition) is 1. The van der Waals surface area contributed by atoms with E-state index in [0.29, 0.717) is 23.9 Å². The maximum atomic E-state index is 13.1. The largest absolute Gasteiger partial charge is 0.493 e. The van der Waals surface area contributed by atoms with Crippen LogP contribution in [0.2, 0.25) is 0 Å². The average molecular weight is 431 g/mol. The van der Waals surface area contributed by atoms with E-state index in [0.717, 1.165) is 36.1 Å². The van der Waals surface area contributed by atoms with Crippen LogP contribution in [0.5, 0.6) is 11.5 Å². The highest BCUT2D eigenvalue weighted by atomic mass is 32.2. The number of aryl methyl sites for hydroxylation is 1. The lowest BCUT2D eigenvalue weighted by Crippen LogP contribution is -2.48. The van der Waals surface area contributed by atoms with Gasteiger partial charge in [-0.25, -0.2) is 0 Å². The molecule has 0 bridgehead atoms. The number of nitrogens with zero attached hydrogens (tertiary/aromatic N) is 1. The number of benzene rings is 2. The van der Waals surface area contributed by atoms with Crippen molar-refractivity contribution < 1.29 is 21.8 Å². The first-order valence-corrected chi connectivity index (χ1v) is 11.3. The summed E-state index contributed by atoms with van der Waals surface area (Å²) in [7, 11) is -2.58. The molecule has 1 N–H and O–H groups in total. The Bertz CT molecular complexity index is 1160. The smallest absolute Gasteiger partial charge is 0.339 e. The van der Waals surface area contributed by atoms with Crippen LogP contribution in [0.4, 0.5) is 0 Å². The van der Waals surface area contributed by atoms with Crippen LogP contribution in [-0.4, -0.2) is 46.1 Å². The molecule has 0 radical (unpaired) electrons. The maximum Gasteiger partial charge on any atom is 0.339 e. The summed E-state index contributed by atoms with van der Waals surface area (Å²) in [5.74, 6) is 0.533. The second-order valence-corrected chi connectivity index (χ2v) is 9.25. The van der Waals surface area contributed by atoms with E-state index in [4.69, 9.17) is 13.3 Å². The van der Waals surface area contributed by atoms with E-state index in [-0.39, 0.29) is 10.6 Å². The summed E-state index contributed by atoms with van der Waals surface area (Å²) in [6.07, 6.45) is 1.58. The van der Waals surface area contributed by atoms with Gasteiger partial charge in [-0.1, -0.05) is 6.07 Å². The second-order valence-electron chi connectivity index (χ2n) is 7.70. The minimum Gasteiger partial charge on any atom is -0.493 e. The van der Waals surface area contributed by atoms with Crippen LogP contribution < -0.4 is 14.2 Å². The monoisotopic (exact) mass is 430 g/mol. The molecule has 1 saturated heterocycles. The number of methoxy groups -OCH3 is 1. The molecular formula is C22H26N2O5S. The molecule has 7 nitrogen and oxygen atoms in total. The van der Waals surface area contributed by atoms with Gasteiger partial charge >= 0.3 is 10.1 Å². The fourth-order valence-electron chi connectivity index (χ4n) is 3.80. The fourth-order valence-corrected chi connectivity index (χ4v) is 4.82. The lowest BCUT2D eigenvalue weighted by Gasteiger charge is -2.31. The summed E-state index contributed by atoms with van der Waals surface area (Å²) in [5, 5.41) is 4.15. The van der Waals surface area contributed by atoms with Crippen molar-refractivity contribution in [2.24, 2.45) is 0 Å². The Labute approximate surface area is 176 Å². The predicted molar refractivity (Wildman–Crippen MR) is 115 cm³/mol. The molecule has 0 amide bonds. The predicted octanol–water partition coefficient (Wildman–Crippen LogP) is 3.31. The van der Waals surface area contributed by atoms with Crippen molar-refractivity contribution in [1.82, 2.24) is 10.2 Å². The first-order valence-electron chi connectivity index (χ1n) is 9.91. The molecule has 0 unspecified atom stereocenters.